The van der Waals surface area contributed by atoms with E-state index in [2.05, 4.69) is 14.6 Å². The second-order valence-corrected chi connectivity index (χ2v) is 18.0. The van der Waals surface area contributed by atoms with E-state index in [1.165, 1.54) is 22.8 Å². The molecule has 3 N–H and O–H groups in total. The van der Waals surface area contributed by atoms with Crippen molar-refractivity contribution in [3.63, 3.8) is 0 Å². The molecule has 12 nitrogen and oxygen atoms in total. The highest BCUT2D eigenvalue weighted by Crippen LogP contribution is 2.46. The minimum Gasteiger partial charge on any atom is -0.373 e. The first-order chi connectivity index (χ1) is 27.1. The van der Waals surface area contributed by atoms with Crippen molar-refractivity contribution in [3.8, 4) is 5.69 Å². The number of fused-ring (bicyclic) bond motifs is 2. The molecule has 1 aliphatic heterocycles. The van der Waals surface area contributed by atoms with Gasteiger partial charge in [-0.15, -0.1) is 0 Å². The van der Waals surface area contributed by atoms with Gasteiger partial charge in [-0.05, 0) is 88.4 Å². The number of ether oxygens (including phenoxy) is 1. The zero-order valence-corrected chi connectivity index (χ0v) is 34.1. The van der Waals surface area contributed by atoms with Crippen LogP contribution in [0.2, 0.25) is 5.02 Å². The summed E-state index contributed by atoms with van der Waals surface area (Å²) < 4.78 is 110. The molecule has 3 aromatic heterocycles. The normalized spacial score (nSPS) is 21.0. The Bertz CT molecular complexity index is 2550. The maximum absolute atomic E-state index is 16.4. The lowest BCUT2D eigenvalue weighted by Gasteiger charge is -2.36. The molecule has 4 heterocycles. The monoisotopic (exact) mass is 850 g/mol. The smallest absolute Gasteiger partial charge is 0.268 e. The number of aromatic nitrogens is 5. The van der Waals surface area contributed by atoms with Crippen molar-refractivity contribution in [2.24, 2.45) is 5.73 Å². The topological polar surface area (TPSA) is 150 Å². The van der Waals surface area contributed by atoms with Crippen LogP contribution < -0.4 is 16.0 Å². The molecule has 0 unspecified atom stereocenters. The first kappa shape index (κ1) is 41.9. The quantitative estimate of drug-likeness (QED) is 0.141. The highest BCUT2D eigenvalue weighted by atomic mass is 35.5. The minimum atomic E-state index is -3.90. The molecule has 0 amide bonds. The number of nitrogens with two attached hydrogens (primary N) is 1. The third-order valence-electron chi connectivity index (χ3n) is 10.7. The van der Waals surface area contributed by atoms with Gasteiger partial charge in [0.05, 0.1) is 63.2 Å². The molecule has 1 aliphatic carbocycles. The molecule has 2 aliphatic rings. The van der Waals surface area contributed by atoms with Gasteiger partial charge >= 0.3 is 0 Å². The standard InChI is InChI=1S/C39H44ClF5N8O4S/c1-20-12-30(38(43)8-10-39(44,45)11-9-38)47-34-31(20)37(54)52(36(48-34)28(46)15-24-13-25(41)16-26(42)14-24)29-7-6-27(40)32-33(29)53(49-35(32)50-58(5,55)56)21(2)17-51-18-22(3)57-23(4)19-51/h6-7,12-14,16,21-23,28H,8-11,15,17-19,46H2,1-5H3,(H,49,50)/t21-,22-,23+,28+/m1/s1. The average molecular weight is 851 g/mol. The van der Waals surface area contributed by atoms with Crippen molar-refractivity contribution in [2.45, 2.75) is 95.7 Å². The third-order valence-corrected chi connectivity index (χ3v) is 11.6. The number of morpholine rings is 1. The molecule has 58 heavy (non-hydrogen) atoms. The summed E-state index contributed by atoms with van der Waals surface area (Å²) in [6.45, 7) is 9.02. The Morgan fingerprint density at radius 3 is 2.26 bits per heavy atom. The van der Waals surface area contributed by atoms with E-state index in [-0.39, 0.29) is 79.7 Å². The number of alkyl halides is 3. The van der Waals surface area contributed by atoms with Crippen molar-refractivity contribution >= 4 is 49.4 Å². The van der Waals surface area contributed by atoms with E-state index in [0.717, 1.165) is 18.4 Å². The van der Waals surface area contributed by atoms with Crippen molar-refractivity contribution in [2.75, 3.05) is 30.6 Å². The molecular formula is C39H44ClF5N8O4S. The number of nitrogens with one attached hydrogen (secondary N) is 1. The number of benzene rings is 2. The number of halogens is 6. The molecule has 2 fully saturated rings. The van der Waals surface area contributed by atoms with Crippen molar-refractivity contribution in [1.82, 2.24) is 29.2 Å². The van der Waals surface area contributed by atoms with Gasteiger partial charge in [0, 0.05) is 38.5 Å². The fourth-order valence-corrected chi connectivity index (χ4v) is 9.02. The minimum absolute atomic E-state index is 0.0331. The first-order valence-corrected chi connectivity index (χ1v) is 21.2. The molecule has 5 aromatic rings. The third kappa shape index (κ3) is 8.44. The van der Waals surface area contributed by atoms with Crippen LogP contribution >= 0.6 is 11.6 Å². The van der Waals surface area contributed by atoms with Gasteiger partial charge in [0.15, 0.2) is 17.1 Å². The molecule has 2 aromatic carbocycles. The molecule has 7 rings (SSSR count). The highest BCUT2D eigenvalue weighted by molar-refractivity contribution is 7.92. The number of hydrogen-bond acceptors (Lipinski definition) is 9. The van der Waals surface area contributed by atoms with Gasteiger partial charge in [0.1, 0.15) is 17.5 Å². The zero-order chi connectivity index (χ0) is 42.1. The molecule has 0 radical (unpaired) electrons. The summed E-state index contributed by atoms with van der Waals surface area (Å²) in [5.41, 5.74) is 4.28. The maximum Gasteiger partial charge on any atom is 0.268 e. The van der Waals surface area contributed by atoms with Crippen LogP contribution in [0.25, 0.3) is 27.6 Å². The largest absolute Gasteiger partial charge is 0.373 e. The zero-order valence-electron chi connectivity index (χ0n) is 32.5. The second-order valence-electron chi connectivity index (χ2n) is 15.8. The van der Waals surface area contributed by atoms with Gasteiger partial charge in [-0.25, -0.2) is 40.3 Å². The van der Waals surface area contributed by atoms with E-state index in [9.17, 15) is 26.0 Å². The summed E-state index contributed by atoms with van der Waals surface area (Å²) in [4.78, 5) is 26.4. The van der Waals surface area contributed by atoms with Gasteiger partial charge in [0.25, 0.3) is 5.56 Å². The van der Waals surface area contributed by atoms with Gasteiger partial charge < -0.3 is 10.5 Å². The van der Waals surface area contributed by atoms with Gasteiger partial charge in [-0.2, -0.15) is 5.10 Å². The summed E-state index contributed by atoms with van der Waals surface area (Å²) in [6, 6.07) is 5.52. The summed E-state index contributed by atoms with van der Waals surface area (Å²) in [5, 5.41) is 4.94. The van der Waals surface area contributed by atoms with E-state index in [4.69, 9.17) is 32.2 Å². The molecular weight excluding hydrogens is 807 g/mol. The Hall–Kier alpha value is -4.23. The second kappa shape index (κ2) is 15.4. The van der Waals surface area contributed by atoms with Gasteiger partial charge in [0.2, 0.25) is 15.9 Å². The predicted molar refractivity (Wildman–Crippen MR) is 211 cm³/mol. The fourth-order valence-electron chi connectivity index (χ4n) is 8.28. The van der Waals surface area contributed by atoms with E-state index >= 15 is 9.18 Å². The van der Waals surface area contributed by atoms with E-state index in [1.807, 2.05) is 20.8 Å². The lowest BCUT2D eigenvalue weighted by atomic mass is 9.81. The molecule has 0 spiro atoms. The van der Waals surface area contributed by atoms with Crippen molar-refractivity contribution < 1.29 is 35.1 Å². The number of aryl methyl sites for hydroxylation is 1. The van der Waals surface area contributed by atoms with Crippen LogP contribution in [0.15, 0.2) is 41.2 Å². The number of rotatable bonds is 10. The van der Waals surface area contributed by atoms with E-state index in [1.54, 1.807) is 11.6 Å². The summed E-state index contributed by atoms with van der Waals surface area (Å²) in [7, 11) is -3.90. The van der Waals surface area contributed by atoms with Crippen molar-refractivity contribution in [3.05, 3.63) is 86.1 Å². The lowest BCUT2D eigenvalue weighted by Crippen LogP contribution is -2.47. The molecule has 19 heteroatoms. The number of sulfonamides is 1. The molecule has 0 bridgehead atoms. The number of hydrogen-bond donors (Lipinski definition) is 2. The summed E-state index contributed by atoms with van der Waals surface area (Å²) >= 11 is 6.81. The Morgan fingerprint density at radius 2 is 1.64 bits per heavy atom. The van der Waals surface area contributed by atoms with Gasteiger partial charge in [-0.1, -0.05) is 11.6 Å². The molecule has 1 saturated heterocycles. The Morgan fingerprint density at radius 1 is 1.00 bits per heavy atom. The van der Waals surface area contributed by atoms with Crippen LogP contribution in [-0.4, -0.2) is 81.7 Å². The van der Waals surface area contributed by atoms with Crippen LogP contribution in [0.1, 0.15) is 81.2 Å². The Labute approximate surface area is 336 Å². The lowest BCUT2D eigenvalue weighted by molar-refractivity contribution is -0.0784. The van der Waals surface area contributed by atoms with Crippen LogP contribution in [-0.2, 0) is 26.8 Å². The maximum atomic E-state index is 16.4. The first-order valence-electron chi connectivity index (χ1n) is 18.9. The number of nitrogens with zero attached hydrogens (tertiary/aromatic N) is 6. The molecule has 1 saturated carbocycles. The SMILES string of the molecule is Cc1cc(C2(F)CCC(F)(F)CC2)nc2nc([C@@H](N)Cc3cc(F)cc(F)c3)n(-c3ccc(Cl)c4c(NS(C)(=O)=O)nn([C@H](C)CN5C[C@@H](C)O[C@@H](C)C5)c34)c(=O)c12. The summed E-state index contributed by atoms with van der Waals surface area (Å²) in [6.07, 6.45) is -1.74. The number of pyridine rings is 1. The van der Waals surface area contributed by atoms with Crippen LogP contribution in [0, 0.1) is 18.6 Å². The summed E-state index contributed by atoms with van der Waals surface area (Å²) in [5.74, 6) is -4.98. The van der Waals surface area contributed by atoms with Gasteiger partial charge in [-0.3, -0.25) is 23.7 Å². The van der Waals surface area contributed by atoms with Crippen LogP contribution in [0.3, 0.4) is 0 Å². The van der Waals surface area contributed by atoms with Crippen molar-refractivity contribution in [1.29, 1.82) is 0 Å². The predicted octanol–water partition coefficient (Wildman–Crippen LogP) is 7.03. The van der Waals surface area contributed by atoms with E-state index < -0.39 is 76.6 Å². The molecule has 312 valence electrons. The van der Waals surface area contributed by atoms with Crippen LogP contribution in [0.4, 0.5) is 27.8 Å². The Balaban J connectivity index is 1.48. The fraction of sp³-hybridized carbons (Fsp3) is 0.487. The average Bonchev–Trinajstić information content (AvgIpc) is 3.47. The number of anilines is 1. The molecule has 4 atom stereocenters. The Kier molecular flexibility index (Phi) is 11.1. The van der Waals surface area contributed by atoms with E-state index in [0.29, 0.717) is 25.7 Å². The van der Waals surface area contributed by atoms with Crippen LogP contribution in [0.5, 0.6) is 0 Å². The highest BCUT2D eigenvalue weighted by Gasteiger charge is 2.46.